The Balaban J connectivity index is 2.56. The van der Waals surface area contributed by atoms with Crippen LogP contribution in [0.4, 0.5) is 0 Å². The van der Waals surface area contributed by atoms with Gasteiger partial charge in [-0.25, -0.2) is 0 Å². The molecule has 0 saturated carbocycles. The van der Waals surface area contributed by atoms with E-state index in [1.54, 1.807) is 13.0 Å². The molecular weight excluding hydrogens is 236 g/mol. The molecule has 0 aliphatic carbocycles. The molecule has 0 aliphatic rings. The molecule has 18 heavy (non-hydrogen) atoms. The highest BCUT2D eigenvalue weighted by molar-refractivity contribution is 5.91. The number of hydrogen-bond acceptors (Lipinski definition) is 4. The largest absolute Gasteiger partial charge is 0.481 e. The van der Waals surface area contributed by atoms with Crippen LogP contribution < -0.4 is 5.32 Å². The molecular formula is C12H18N2O4. The first-order chi connectivity index (χ1) is 8.38. The summed E-state index contributed by atoms with van der Waals surface area (Å²) >= 11 is 0. The molecule has 1 heterocycles. The highest BCUT2D eigenvalue weighted by Crippen LogP contribution is 2.09. The number of amides is 1. The van der Waals surface area contributed by atoms with Crippen LogP contribution in [0.1, 0.15) is 43.4 Å². The van der Waals surface area contributed by atoms with Gasteiger partial charge in [-0.2, -0.15) is 0 Å². The molecule has 0 unspecified atom stereocenters. The van der Waals surface area contributed by atoms with Crippen molar-refractivity contribution in [1.29, 1.82) is 0 Å². The summed E-state index contributed by atoms with van der Waals surface area (Å²) in [4.78, 5) is 22.2. The van der Waals surface area contributed by atoms with Crippen LogP contribution in [0.15, 0.2) is 10.6 Å². The smallest absolute Gasteiger partial charge is 0.305 e. The van der Waals surface area contributed by atoms with Gasteiger partial charge < -0.3 is 14.9 Å². The van der Waals surface area contributed by atoms with Crippen LogP contribution in [-0.4, -0.2) is 28.2 Å². The summed E-state index contributed by atoms with van der Waals surface area (Å²) in [6, 6.07) is 1.14. The maximum atomic E-state index is 11.7. The Hall–Kier alpha value is -1.85. The van der Waals surface area contributed by atoms with E-state index in [1.807, 2.05) is 13.8 Å². The third-order valence-electron chi connectivity index (χ3n) is 2.26. The van der Waals surface area contributed by atoms with Gasteiger partial charge in [0.1, 0.15) is 0 Å². The number of nitrogens with one attached hydrogen (secondary N) is 1. The van der Waals surface area contributed by atoms with Gasteiger partial charge in [0.2, 0.25) is 5.76 Å². The van der Waals surface area contributed by atoms with Crippen molar-refractivity contribution in [1.82, 2.24) is 10.5 Å². The fourth-order valence-electron chi connectivity index (χ4n) is 1.54. The number of hydrogen-bond donors (Lipinski definition) is 2. The highest BCUT2D eigenvalue weighted by Gasteiger charge is 2.17. The van der Waals surface area contributed by atoms with Gasteiger partial charge in [-0.05, 0) is 19.3 Å². The summed E-state index contributed by atoms with van der Waals surface area (Å²) < 4.78 is 4.92. The number of carboxylic acids is 1. The number of aromatic nitrogens is 1. The second-order valence-electron chi connectivity index (χ2n) is 4.75. The molecule has 1 aromatic rings. The standard InChI is InChI=1S/C12H18N2O4/c1-7(2)4-9-6-10(18-14-9)12(17)13-8(3)5-11(15)16/h6-8H,4-5H2,1-3H3,(H,13,17)(H,15,16)/t8-/m0/s1. The molecule has 2 N–H and O–H groups in total. The molecule has 6 heteroatoms. The van der Waals surface area contributed by atoms with Crippen LogP contribution in [-0.2, 0) is 11.2 Å². The fourth-order valence-corrected chi connectivity index (χ4v) is 1.54. The van der Waals surface area contributed by atoms with Crippen molar-refractivity contribution in [3.05, 3.63) is 17.5 Å². The molecule has 1 aromatic heterocycles. The van der Waals surface area contributed by atoms with Crippen LogP contribution in [0.25, 0.3) is 0 Å². The van der Waals surface area contributed by atoms with E-state index in [1.165, 1.54) is 0 Å². The van der Waals surface area contributed by atoms with Gasteiger partial charge in [-0.3, -0.25) is 9.59 Å². The molecule has 0 radical (unpaired) electrons. The molecule has 6 nitrogen and oxygen atoms in total. The Bertz CT molecular complexity index is 425. The quantitative estimate of drug-likeness (QED) is 0.801. The zero-order valence-electron chi connectivity index (χ0n) is 10.8. The van der Waals surface area contributed by atoms with Crippen molar-refractivity contribution in [2.45, 2.75) is 39.7 Å². The topological polar surface area (TPSA) is 92.4 Å². The van der Waals surface area contributed by atoms with Crippen LogP contribution in [0.3, 0.4) is 0 Å². The second kappa shape index (κ2) is 6.18. The Kier molecular flexibility index (Phi) is 4.88. The van der Waals surface area contributed by atoms with Gasteiger partial charge >= 0.3 is 5.97 Å². The lowest BCUT2D eigenvalue weighted by Gasteiger charge is -2.09. The first-order valence-corrected chi connectivity index (χ1v) is 5.86. The maximum absolute atomic E-state index is 11.7. The van der Waals surface area contributed by atoms with Crippen LogP contribution in [0.5, 0.6) is 0 Å². The first-order valence-electron chi connectivity index (χ1n) is 5.86. The Morgan fingerprint density at radius 1 is 1.44 bits per heavy atom. The molecule has 0 bridgehead atoms. The van der Waals surface area contributed by atoms with Gasteiger partial charge in [0, 0.05) is 12.1 Å². The Morgan fingerprint density at radius 2 is 2.11 bits per heavy atom. The third kappa shape index (κ3) is 4.57. The molecule has 0 saturated heterocycles. The Morgan fingerprint density at radius 3 is 2.67 bits per heavy atom. The SMILES string of the molecule is CC(C)Cc1cc(C(=O)N[C@@H](C)CC(=O)O)on1. The minimum absolute atomic E-state index is 0.114. The predicted molar refractivity (Wildman–Crippen MR) is 64.2 cm³/mol. The second-order valence-corrected chi connectivity index (χ2v) is 4.75. The minimum Gasteiger partial charge on any atom is -0.481 e. The Labute approximate surface area is 105 Å². The summed E-state index contributed by atoms with van der Waals surface area (Å²) in [5.41, 5.74) is 0.723. The summed E-state index contributed by atoms with van der Waals surface area (Å²) in [6.45, 7) is 5.71. The van der Waals surface area contributed by atoms with E-state index in [-0.39, 0.29) is 12.2 Å². The van der Waals surface area contributed by atoms with E-state index < -0.39 is 17.9 Å². The van der Waals surface area contributed by atoms with Crippen molar-refractivity contribution in [3.8, 4) is 0 Å². The molecule has 0 spiro atoms. The number of aliphatic carboxylic acids is 1. The molecule has 0 aromatic carbocycles. The lowest BCUT2D eigenvalue weighted by Crippen LogP contribution is -2.33. The lowest BCUT2D eigenvalue weighted by atomic mass is 10.1. The van der Waals surface area contributed by atoms with Crippen molar-refractivity contribution >= 4 is 11.9 Å². The fraction of sp³-hybridized carbons (Fsp3) is 0.583. The number of carbonyl (C=O) groups excluding carboxylic acids is 1. The van der Waals surface area contributed by atoms with Gasteiger partial charge in [-0.1, -0.05) is 19.0 Å². The van der Waals surface area contributed by atoms with E-state index >= 15 is 0 Å². The molecule has 100 valence electrons. The summed E-state index contributed by atoms with van der Waals surface area (Å²) in [5.74, 6) is -0.855. The number of rotatable bonds is 6. The number of carboxylic acid groups (broad SMARTS) is 1. The van der Waals surface area contributed by atoms with Crippen LogP contribution in [0, 0.1) is 5.92 Å². The van der Waals surface area contributed by atoms with E-state index in [0.29, 0.717) is 5.92 Å². The normalized spacial score (nSPS) is 12.4. The molecule has 1 amide bonds. The monoisotopic (exact) mass is 254 g/mol. The predicted octanol–water partition coefficient (Wildman–Crippen LogP) is 1.47. The third-order valence-corrected chi connectivity index (χ3v) is 2.26. The van der Waals surface area contributed by atoms with Crippen molar-refractivity contribution in [2.24, 2.45) is 5.92 Å². The van der Waals surface area contributed by atoms with E-state index in [9.17, 15) is 9.59 Å². The van der Waals surface area contributed by atoms with Crippen molar-refractivity contribution in [3.63, 3.8) is 0 Å². The van der Waals surface area contributed by atoms with Gasteiger partial charge in [-0.15, -0.1) is 0 Å². The summed E-state index contributed by atoms with van der Waals surface area (Å²) in [6.07, 6.45) is 0.611. The van der Waals surface area contributed by atoms with Crippen LogP contribution in [0.2, 0.25) is 0 Å². The van der Waals surface area contributed by atoms with Crippen molar-refractivity contribution in [2.75, 3.05) is 0 Å². The maximum Gasteiger partial charge on any atom is 0.305 e. The molecule has 0 aliphatic heterocycles. The van der Waals surface area contributed by atoms with E-state index in [4.69, 9.17) is 9.63 Å². The van der Waals surface area contributed by atoms with Crippen LogP contribution >= 0.6 is 0 Å². The average molecular weight is 254 g/mol. The zero-order chi connectivity index (χ0) is 13.7. The highest BCUT2D eigenvalue weighted by atomic mass is 16.5. The average Bonchev–Trinajstić information content (AvgIpc) is 2.63. The number of carbonyl (C=O) groups is 2. The van der Waals surface area contributed by atoms with E-state index in [0.717, 1.165) is 12.1 Å². The molecule has 1 rings (SSSR count). The van der Waals surface area contributed by atoms with Gasteiger partial charge in [0.25, 0.3) is 5.91 Å². The first kappa shape index (κ1) is 14.2. The molecule has 0 fully saturated rings. The zero-order valence-corrected chi connectivity index (χ0v) is 10.8. The lowest BCUT2D eigenvalue weighted by molar-refractivity contribution is -0.137. The molecule has 1 atom stereocenters. The van der Waals surface area contributed by atoms with Crippen molar-refractivity contribution < 1.29 is 19.2 Å². The number of nitrogens with zero attached hydrogens (tertiary/aromatic N) is 1. The van der Waals surface area contributed by atoms with Gasteiger partial charge in [0.15, 0.2) is 0 Å². The summed E-state index contributed by atoms with van der Waals surface area (Å²) in [7, 11) is 0. The van der Waals surface area contributed by atoms with E-state index in [2.05, 4.69) is 10.5 Å². The summed E-state index contributed by atoms with van der Waals surface area (Å²) in [5, 5.41) is 14.9. The van der Waals surface area contributed by atoms with Gasteiger partial charge in [0.05, 0.1) is 12.1 Å². The minimum atomic E-state index is -0.958.